The molecule has 0 bridgehead atoms. The lowest BCUT2D eigenvalue weighted by Gasteiger charge is -2.37. The van der Waals surface area contributed by atoms with Crippen LogP contribution in [0.25, 0.3) is 0 Å². The van der Waals surface area contributed by atoms with Crippen molar-refractivity contribution in [3.63, 3.8) is 0 Å². The van der Waals surface area contributed by atoms with Crippen molar-refractivity contribution in [1.29, 1.82) is 0 Å². The topological polar surface area (TPSA) is 81.4 Å². The van der Waals surface area contributed by atoms with Gasteiger partial charge in [0.15, 0.2) is 5.76 Å². The number of rotatable bonds is 3. The van der Waals surface area contributed by atoms with E-state index in [1.165, 1.54) is 0 Å². The molecule has 1 aromatic carbocycles. The molecule has 1 atom stereocenters. The number of ether oxygens (including phenoxy) is 1. The van der Waals surface area contributed by atoms with Gasteiger partial charge in [0.1, 0.15) is 21.9 Å². The minimum Gasteiger partial charge on any atom is -0.487 e. The van der Waals surface area contributed by atoms with E-state index in [1.54, 1.807) is 13.8 Å². The second-order valence-corrected chi connectivity index (χ2v) is 8.59. The molecular formula is C17H22N2O4S. The Bertz CT molecular complexity index is 864. The first-order valence-electron chi connectivity index (χ1n) is 7.84. The Morgan fingerprint density at radius 3 is 2.58 bits per heavy atom. The molecule has 0 amide bonds. The van der Waals surface area contributed by atoms with Gasteiger partial charge >= 0.3 is 0 Å². The fraction of sp³-hybridized carbons (Fsp3) is 0.471. The lowest BCUT2D eigenvalue weighted by atomic mass is 9.90. The zero-order valence-electron chi connectivity index (χ0n) is 14.5. The fourth-order valence-corrected chi connectivity index (χ4v) is 4.71. The molecule has 24 heavy (non-hydrogen) atoms. The average Bonchev–Trinajstić information content (AvgIpc) is 2.76. The van der Waals surface area contributed by atoms with Crippen molar-refractivity contribution in [2.75, 3.05) is 0 Å². The Morgan fingerprint density at radius 1 is 1.25 bits per heavy atom. The van der Waals surface area contributed by atoms with Crippen LogP contribution in [0, 0.1) is 20.8 Å². The Balaban J connectivity index is 2.01. The van der Waals surface area contributed by atoms with Gasteiger partial charge in [-0.05, 0) is 46.2 Å². The number of hydrogen-bond acceptors (Lipinski definition) is 5. The normalized spacial score (nSPS) is 19.6. The second kappa shape index (κ2) is 5.60. The molecule has 2 aromatic rings. The minimum atomic E-state index is -3.74. The lowest BCUT2D eigenvalue weighted by molar-refractivity contribution is 0.0701. The predicted molar refractivity (Wildman–Crippen MR) is 89.5 cm³/mol. The van der Waals surface area contributed by atoms with Crippen molar-refractivity contribution in [1.82, 2.24) is 9.88 Å². The SMILES string of the molecule is Cc1ccc2c(c1)OC(C)(C)C[C@@H]2NS(=O)(=O)c1c(C)noc1C. The van der Waals surface area contributed by atoms with E-state index in [2.05, 4.69) is 9.88 Å². The molecule has 1 aliphatic rings. The number of aromatic nitrogens is 1. The van der Waals surface area contributed by atoms with E-state index in [1.807, 2.05) is 39.0 Å². The third-order valence-electron chi connectivity index (χ3n) is 4.16. The van der Waals surface area contributed by atoms with Crippen LogP contribution in [0.1, 0.15) is 48.9 Å². The first-order valence-corrected chi connectivity index (χ1v) is 9.32. The first-order chi connectivity index (χ1) is 11.1. The molecule has 1 N–H and O–H groups in total. The van der Waals surface area contributed by atoms with Crippen LogP contribution < -0.4 is 9.46 Å². The van der Waals surface area contributed by atoms with Crippen molar-refractivity contribution >= 4 is 10.0 Å². The van der Waals surface area contributed by atoms with Crippen LogP contribution in [0.3, 0.4) is 0 Å². The van der Waals surface area contributed by atoms with Gasteiger partial charge in [-0.15, -0.1) is 0 Å². The number of nitrogens with zero attached hydrogens (tertiary/aromatic N) is 1. The Kier molecular flexibility index (Phi) is 3.96. The molecule has 1 aliphatic heterocycles. The summed E-state index contributed by atoms with van der Waals surface area (Å²) in [6.07, 6.45) is 0.533. The highest BCUT2D eigenvalue weighted by Crippen LogP contribution is 2.40. The first kappa shape index (κ1) is 17.0. The van der Waals surface area contributed by atoms with Crippen LogP contribution in [-0.4, -0.2) is 19.2 Å². The van der Waals surface area contributed by atoms with E-state index >= 15 is 0 Å². The largest absolute Gasteiger partial charge is 0.487 e. The zero-order chi connectivity index (χ0) is 17.7. The zero-order valence-corrected chi connectivity index (χ0v) is 15.3. The van der Waals surface area contributed by atoms with Gasteiger partial charge in [-0.2, -0.15) is 0 Å². The summed E-state index contributed by atoms with van der Waals surface area (Å²) in [6.45, 7) is 9.11. The van der Waals surface area contributed by atoms with Crippen LogP contribution in [0.2, 0.25) is 0 Å². The van der Waals surface area contributed by atoms with Crippen molar-refractivity contribution in [3.8, 4) is 5.75 Å². The van der Waals surface area contributed by atoms with Crippen molar-refractivity contribution in [2.24, 2.45) is 0 Å². The molecule has 130 valence electrons. The maximum Gasteiger partial charge on any atom is 0.246 e. The fourth-order valence-electron chi connectivity index (χ4n) is 3.17. The van der Waals surface area contributed by atoms with E-state index in [0.29, 0.717) is 12.1 Å². The monoisotopic (exact) mass is 350 g/mol. The molecule has 0 fully saturated rings. The van der Waals surface area contributed by atoms with Gasteiger partial charge in [0.05, 0.1) is 6.04 Å². The molecular weight excluding hydrogens is 328 g/mol. The van der Waals surface area contributed by atoms with Crippen LogP contribution in [0.4, 0.5) is 0 Å². The summed E-state index contributed by atoms with van der Waals surface area (Å²) in [5.41, 5.74) is 1.80. The standard InChI is InChI=1S/C17H22N2O4S/c1-10-6-7-13-14(9-17(4,5)22-15(13)8-10)19-24(20,21)16-11(2)18-23-12(16)3/h6-8,14,19H,9H2,1-5H3/t14-/m0/s1. The van der Waals surface area contributed by atoms with Crippen LogP contribution in [0.5, 0.6) is 5.75 Å². The summed E-state index contributed by atoms with van der Waals surface area (Å²) >= 11 is 0. The number of benzene rings is 1. The molecule has 1 aromatic heterocycles. The molecule has 3 rings (SSSR count). The summed E-state index contributed by atoms with van der Waals surface area (Å²) in [6, 6.07) is 5.44. The van der Waals surface area contributed by atoms with Gasteiger partial charge in [-0.1, -0.05) is 17.3 Å². The molecule has 0 unspecified atom stereocenters. The number of hydrogen-bond donors (Lipinski definition) is 1. The highest BCUT2D eigenvalue weighted by atomic mass is 32.2. The maximum absolute atomic E-state index is 12.8. The summed E-state index contributed by atoms with van der Waals surface area (Å²) in [4.78, 5) is 0.112. The number of sulfonamides is 1. The highest BCUT2D eigenvalue weighted by molar-refractivity contribution is 7.89. The number of nitrogens with one attached hydrogen (secondary N) is 1. The predicted octanol–water partition coefficient (Wildman–Crippen LogP) is 3.18. The lowest BCUT2D eigenvalue weighted by Crippen LogP contribution is -2.41. The highest BCUT2D eigenvalue weighted by Gasteiger charge is 2.37. The summed E-state index contributed by atoms with van der Waals surface area (Å²) in [5, 5.41) is 3.74. The minimum absolute atomic E-state index is 0.112. The number of fused-ring (bicyclic) bond motifs is 1. The second-order valence-electron chi connectivity index (χ2n) is 6.93. The summed E-state index contributed by atoms with van der Waals surface area (Å²) in [7, 11) is -3.74. The van der Waals surface area contributed by atoms with Gasteiger partial charge in [0.25, 0.3) is 0 Å². The third-order valence-corrected chi connectivity index (χ3v) is 5.88. The van der Waals surface area contributed by atoms with Crippen molar-refractivity contribution in [2.45, 2.75) is 57.6 Å². The van der Waals surface area contributed by atoms with Crippen molar-refractivity contribution in [3.05, 3.63) is 40.8 Å². The van der Waals surface area contributed by atoms with Gasteiger partial charge in [0, 0.05) is 12.0 Å². The molecule has 0 saturated heterocycles. The molecule has 2 heterocycles. The maximum atomic E-state index is 12.8. The van der Waals surface area contributed by atoms with E-state index in [4.69, 9.17) is 9.26 Å². The molecule has 0 saturated carbocycles. The Hall–Kier alpha value is -1.86. The van der Waals surface area contributed by atoms with Crippen LogP contribution in [0.15, 0.2) is 27.6 Å². The van der Waals surface area contributed by atoms with Gasteiger partial charge in [0.2, 0.25) is 10.0 Å². The molecule has 0 aliphatic carbocycles. The Morgan fingerprint density at radius 2 is 1.96 bits per heavy atom. The van der Waals surface area contributed by atoms with Crippen molar-refractivity contribution < 1.29 is 17.7 Å². The Labute approximate surface area is 142 Å². The molecule has 6 nitrogen and oxygen atoms in total. The van der Waals surface area contributed by atoms with Crippen LogP contribution in [-0.2, 0) is 10.0 Å². The summed E-state index contributed by atoms with van der Waals surface area (Å²) < 4.78 is 39.5. The molecule has 0 radical (unpaired) electrons. The summed E-state index contributed by atoms with van der Waals surface area (Å²) in [5.74, 6) is 1.01. The third kappa shape index (κ3) is 3.06. The van der Waals surface area contributed by atoms with E-state index in [-0.39, 0.29) is 16.7 Å². The van der Waals surface area contributed by atoms with E-state index in [9.17, 15) is 8.42 Å². The van der Waals surface area contributed by atoms with E-state index in [0.717, 1.165) is 16.9 Å². The van der Waals surface area contributed by atoms with E-state index < -0.39 is 15.6 Å². The van der Waals surface area contributed by atoms with Crippen LogP contribution >= 0.6 is 0 Å². The quantitative estimate of drug-likeness (QED) is 0.919. The van der Waals surface area contributed by atoms with Gasteiger partial charge in [-0.25, -0.2) is 13.1 Å². The average molecular weight is 350 g/mol. The molecule has 7 heteroatoms. The smallest absolute Gasteiger partial charge is 0.246 e. The van der Waals surface area contributed by atoms with Gasteiger partial charge in [-0.3, -0.25) is 0 Å². The van der Waals surface area contributed by atoms with Gasteiger partial charge < -0.3 is 9.26 Å². The molecule has 0 spiro atoms. The number of aryl methyl sites for hydroxylation is 3.